The summed E-state index contributed by atoms with van der Waals surface area (Å²) in [5.74, 6) is -0.585. The van der Waals surface area contributed by atoms with Gasteiger partial charge in [-0.05, 0) is 5.18 Å². The molecule has 1 N–H and O–H groups in total. The quantitative estimate of drug-likeness (QED) is 0.332. The van der Waals surface area contributed by atoms with Crippen molar-refractivity contribution in [3.8, 4) is 0 Å². The molecule has 66 valence electrons. The first-order valence-corrected chi connectivity index (χ1v) is 3.57. The molecule has 13 heavy (non-hydrogen) atoms. The summed E-state index contributed by atoms with van der Waals surface area (Å²) in [6, 6.07) is 8.14. The first-order valence-electron chi connectivity index (χ1n) is 3.57. The third-order valence-corrected chi connectivity index (χ3v) is 1.49. The summed E-state index contributed by atoms with van der Waals surface area (Å²) in [4.78, 5) is 21.3. The number of hydrogen-bond donors (Lipinski definition) is 1. The molecule has 0 spiro atoms. The molecule has 0 radical (unpaired) electrons. The molecule has 0 aliphatic carbocycles. The molecular formula is C9H7NO3. The van der Waals surface area contributed by atoms with Gasteiger partial charge in [0.1, 0.15) is 6.26 Å². The average Bonchev–Trinajstić information content (AvgIpc) is 2.21. The van der Waals surface area contributed by atoms with Crippen LogP contribution < -0.4 is 0 Å². The Morgan fingerprint density at radius 3 is 2.38 bits per heavy atom. The Kier molecular flexibility index (Phi) is 2.92. The maximum Gasteiger partial charge on any atom is 0.218 e. The van der Waals surface area contributed by atoms with E-state index < -0.39 is 11.5 Å². The van der Waals surface area contributed by atoms with Crippen LogP contribution in [0, 0.1) is 4.91 Å². The van der Waals surface area contributed by atoms with Gasteiger partial charge in [0.15, 0.2) is 5.70 Å². The van der Waals surface area contributed by atoms with Crippen LogP contribution in [0.2, 0.25) is 0 Å². The van der Waals surface area contributed by atoms with Gasteiger partial charge in [0, 0.05) is 5.56 Å². The predicted molar refractivity (Wildman–Crippen MR) is 47.3 cm³/mol. The highest BCUT2D eigenvalue weighted by atomic mass is 16.3. The standard InChI is InChI=1S/C9H7NO3/c11-6-8(10-13)9(12)7-4-2-1-3-5-7/h1-6,11H. The number of carbonyl (C=O) groups is 1. The molecule has 1 aromatic carbocycles. The summed E-state index contributed by atoms with van der Waals surface area (Å²) in [7, 11) is 0. The van der Waals surface area contributed by atoms with Crippen molar-refractivity contribution in [2.24, 2.45) is 5.18 Å². The lowest BCUT2D eigenvalue weighted by Crippen LogP contribution is -2.00. The van der Waals surface area contributed by atoms with E-state index in [4.69, 9.17) is 5.11 Å². The maximum absolute atomic E-state index is 11.3. The highest BCUT2D eigenvalue weighted by Crippen LogP contribution is 2.07. The second kappa shape index (κ2) is 4.15. The molecule has 0 aliphatic rings. The third-order valence-electron chi connectivity index (χ3n) is 1.49. The molecule has 0 atom stereocenters. The van der Waals surface area contributed by atoms with Crippen molar-refractivity contribution in [2.75, 3.05) is 0 Å². The lowest BCUT2D eigenvalue weighted by molar-refractivity contribution is 0.103. The van der Waals surface area contributed by atoms with E-state index in [0.29, 0.717) is 11.8 Å². The van der Waals surface area contributed by atoms with Gasteiger partial charge >= 0.3 is 0 Å². The van der Waals surface area contributed by atoms with Crippen LogP contribution in [0.15, 0.2) is 47.5 Å². The van der Waals surface area contributed by atoms with E-state index in [1.165, 1.54) is 12.1 Å². The van der Waals surface area contributed by atoms with Crippen LogP contribution >= 0.6 is 0 Å². The summed E-state index contributed by atoms with van der Waals surface area (Å²) in [5.41, 5.74) is -0.173. The van der Waals surface area contributed by atoms with Crippen molar-refractivity contribution in [2.45, 2.75) is 0 Å². The van der Waals surface area contributed by atoms with Gasteiger partial charge in [-0.1, -0.05) is 30.3 Å². The van der Waals surface area contributed by atoms with E-state index in [9.17, 15) is 9.70 Å². The Labute approximate surface area is 74.5 Å². The maximum atomic E-state index is 11.3. The molecule has 0 aromatic heterocycles. The van der Waals surface area contributed by atoms with Gasteiger partial charge < -0.3 is 5.11 Å². The lowest BCUT2D eigenvalue weighted by atomic mass is 10.1. The fraction of sp³-hybridized carbons (Fsp3) is 0. The van der Waals surface area contributed by atoms with E-state index in [-0.39, 0.29) is 0 Å². The minimum absolute atomic E-state index is 0.322. The molecule has 0 fully saturated rings. The molecule has 0 amide bonds. The molecule has 0 saturated carbocycles. The summed E-state index contributed by atoms with van der Waals surface area (Å²) in [6.45, 7) is 0. The summed E-state index contributed by atoms with van der Waals surface area (Å²) in [5, 5.41) is 10.9. The number of nitroso groups, excluding NO2 is 1. The Bertz CT molecular complexity index is 343. The van der Waals surface area contributed by atoms with Crippen molar-refractivity contribution in [3.05, 3.63) is 52.8 Å². The van der Waals surface area contributed by atoms with Gasteiger partial charge in [0.25, 0.3) is 0 Å². The Morgan fingerprint density at radius 2 is 1.92 bits per heavy atom. The van der Waals surface area contributed by atoms with Crippen LogP contribution in [-0.4, -0.2) is 10.9 Å². The van der Waals surface area contributed by atoms with Gasteiger partial charge in [-0.3, -0.25) is 4.79 Å². The normalized spacial score (nSPS) is 10.9. The number of hydrogen-bond acceptors (Lipinski definition) is 4. The van der Waals surface area contributed by atoms with Gasteiger partial charge in [-0.2, -0.15) is 0 Å². The molecule has 1 aromatic rings. The minimum atomic E-state index is -0.585. The van der Waals surface area contributed by atoms with E-state index in [1.54, 1.807) is 18.2 Å². The number of rotatable bonds is 3. The molecule has 0 saturated heterocycles. The average molecular weight is 177 g/mol. The van der Waals surface area contributed by atoms with Crippen molar-refractivity contribution in [1.82, 2.24) is 0 Å². The predicted octanol–water partition coefficient (Wildman–Crippen LogP) is 2.04. The second-order valence-corrected chi connectivity index (χ2v) is 2.30. The zero-order valence-corrected chi connectivity index (χ0v) is 6.68. The topological polar surface area (TPSA) is 66.7 Å². The van der Waals surface area contributed by atoms with Gasteiger partial charge in [-0.15, -0.1) is 4.91 Å². The molecule has 4 heteroatoms. The highest BCUT2D eigenvalue weighted by molar-refractivity contribution is 6.08. The third kappa shape index (κ3) is 1.99. The van der Waals surface area contributed by atoms with Crippen LogP contribution in [0.4, 0.5) is 0 Å². The number of nitrogens with zero attached hydrogens (tertiary/aromatic N) is 1. The summed E-state index contributed by atoms with van der Waals surface area (Å²) in [6.07, 6.45) is 0.405. The fourth-order valence-corrected chi connectivity index (χ4v) is 0.861. The van der Waals surface area contributed by atoms with E-state index in [2.05, 4.69) is 5.18 Å². The first-order chi connectivity index (χ1) is 6.29. The van der Waals surface area contributed by atoms with Crippen LogP contribution in [0.5, 0.6) is 0 Å². The molecule has 0 heterocycles. The summed E-state index contributed by atoms with van der Waals surface area (Å²) < 4.78 is 0. The van der Waals surface area contributed by atoms with Gasteiger partial charge in [0.05, 0.1) is 0 Å². The number of aliphatic hydroxyl groups excluding tert-OH is 1. The SMILES string of the molecule is O=NC(=CO)C(=O)c1ccccc1. The number of aliphatic hydroxyl groups is 1. The van der Waals surface area contributed by atoms with E-state index >= 15 is 0 Å². The number of ketones is 1. The van der Waals surface area contributed by atoms with Crippen molar-refractivity contribution in [1.29, 1.82) is 0 Å². The molecule has 1 rings (SSSR count). The second-order valence-electron chi connectivity index (χ2n) is 2.30. The number of allylic oxidation sites excluding steroid dienone is 1. The molecule has 0 unspecified atom stereocenters. The smallest absolute Gasteiger partial charge is 0.218 e. The van der Waals surface area contributed by atoms with Gasteiger partial charge in [0.2, 0.25) is 5.78 Å². The Morgan fingerprint density at radius 1 is 1.31 bits per heavy atom. The number of Topliss-reactive ketones (excluding diaryl/α,β-unsaturated/α-hetero) is 1. The monoisotopic (exact) mass is 177 g/mol. The first kappa shape index (κ1) is 9.12. The zero-order chi connectivity index (χ0) is 9.68. The molecule has 0 bridgehead atoms. The van der Waals surface area contributed by atoms with Crippen LogP contribution in [0.3, 0.4) is 0 Å². The molecule has 4 nitrogen and oxygen atoms in total. The van der Waals surface area contributed by atoms with E-state index in [0.717, 1.165) is 0 Å². The Hall–Kier alpha value is -1.97. The van der Waals surface area contributed by atoms with Crippen molar-refractivity contribution >= 4 is 5.78 Å². The Balaban J connectivity index is 2.98. The number of carbonyl (C=O) groups excluding carboxylic acids is 1. The highest BCUT2D eigenvalue weighted by Gasteiger charge is 2.11. The summed E-state index contributed by atoms with van der Waals surface area (Å²) >= 11 is 0. The largest absolute Gasteiger partial charge is 0.513 e. The zero-order valence-electron chi connectivity index (χ0n) is 6.68. The van der Waals surface area contributed by atoms with E-state index in [1.807, 2.05) is 0 Å². The lowest BCUT2D eigenvalue weighted by Gasteiger charge is -1.95. The molecular weight excluding hydrogens is 170 g/mol. The number of benzene rings is 1. The van der Waals surface area contributed by atoms with Crippen LogP contribution in [-0.2, 0) is 0 Å². The fourth-order valence-electron chi connectivity index (χ4n) is 0.861. The molecule has 0 aliphatic heterocycles. The van der Waals surface area contributed by atoms with Crippen LogP contribution in [0.25, 0.3) is 0 Å². The van der Waals surface area contributed by atoms with Crippen molar-refractivity contribution in [3.63, 3.8) is 0 Å². The minimum Gasteiger partial charge on any atom is -0.513 e. The van der Waals surface area contributed by atoms with Crippen LogP contribution in [0.1, 0.15) is 10.4 Å². The van der Waals surface area contributed by atoms with Crippen molar-refractivity contribution < 1.29 is 9.90 Å². The van der Waals surface area contributed by atoms with Gasteiger partial charge in [-0.25, -0.2) is 0 Å².